The molecule has 3 aliphatic heterocycles. The third-order valence-electron chi connectivity index (χ3n) is 11.5. The van der Waals surface area contributed by atoms with Crippen LogP contribution in [0.25, 0.3) is 17.0 Å². The second-order valence-corrected chi connectivity index (χ2v) is 17.3. The highest BCUT2D eigenvalue weighted by atomic mass is 16.8. The number of hydrogen-bond donors (Lipinski definition) is 7. The van der Waals surface area contributed by atoms with E-state index in [2.05, 4.69) is 31.6 Å². The average molecular weight is 972 g/mol. The van der Waals surface area contributed by atoms with Crippen molar-refractivity contribution in [3.05, 3.63) is 95.4 Å². The van der Waals surface area contributed by atoms with Gasteiger partial charge in [-0.1, -0.05) is 54.6 Å². The fourth-order valence-electron chi connectivity index (χ4n) is 8.33. The second kappa shape index (κ2) is 24.1. The summed E-state index contributed by atoms with van der Waals surface area (Å²) in [5.41, 5.74) is 1.90. The first-order valence-corrected chi connectivity index (χ1v) is 22.8. The van der Waals surface area contributed by atoms with Gasteiger partial charge in [0, 0.05) is 49.8 Å². The van der Waals surface area contributed by atoms with E-state index in [9.17, 15) is 38.7 Å². The number of carbonyl (C=O) groups is 7. The molecule has 2 fully saturated rings. The molecule has 0 radical (unpaired) electrons. The topological polar surface area (TPSA) is 274 Å². The zero-order valence-corrected chi connectivity index (χ0v) is 39.9. The maximum absolute atomic E-state index is 14.5. The number of methoxy groups -OCH3 is 2. The molecule has 6 rings (SSSR count). The van der Waals surface area contributed by atoms with Crippen LogP contribution in [0.3, 0.4) is 0 Å². The number of aromatic amines is 1. The Kier molecular flexibility index (Phi) is 18.0. The zero-order chi connectivity index (χ0) is 50.5. The van der Waals surface area contributed by atoms with Gasteiger partial charge in [0.2, 0.25) is 29.5 Å². The Balaban J connectivity index is 1.31. The Morgan fingerprint density at radius 1 is 0.914 bits per heavy atom. The molecule has 3 aromatic rings. The number of hydrogen-bond acceptors (Lipinski definition) is 14. The molecule has 7 atom stereocenters. The summed E-state index contributed by atoms with van der Waals surface area (Å²) >= 11 is 0. The number of fused-ring (bicyclic) bond motifs is 2. The van der Waals surface area contributed by atoms with Crippen molar-refractivity contribution in [3.63, 3.8) is 0 Å². The van der Waals surface area contributed by atoms with Gasteiger partial charge in [-0.2, -0.15) is 0 Å². The van der Waals surface area contributed by atoms with Crippen LogP contribution in [-0.2, 0) is 58.9 Å². The molecule has 376 valence electrons. The number of para-hydroxylation sites is 1. The predicted molar refractivity (Wildman–Crippen MR) is 252 cm³/mol. The van der Waals surface area contributed by atoms with E-state index < -0.39 is 116 Å². The molecular weight excluding hydrogens is 911 g/mol. The first kappa shape index (κ1) is 52.5. The molecule has 6 amide bonds. The molecule has 21 heteroatoms. The number of H-pyrrole nitrogens is 1. The fourth-order valence-corrected chi connectivity index (χ4v) is 8.33. The third kappa shape index (κ3) is 13.9. The van der Waals surface area contributed by atoms with Crippen molar-refractivity contribution >= 4 is 58.4 Å². The molecule has 0 bridgehead atoms. The number of rotatable bonds is 13. The van der Waals surface area contributed by atoms with Crippen molar-refractivity contribution < 1.29 is 67.1 Å². The van der Waals surface area contributed by atoms with Gasteiger partial charge in [0.25, 0.3) is 5.91 Å². The number of amides is 6. The summed E-state index contributed by atoms with van der Waals surface area (Å²) in [7, 11) is 3.86. The van der Waals surface area contributed by atoms with E-state index in [4.69, 9.17) is 28.4 Å². The van der Waals surface area contributed by atoms with Gasteiger partial charge < -0.3 is 70.0 Å². The zero-order valence-electron chi connectivity index (χ0n) is 39.9. The van der Waals surface area contributed by atoms with Crippen molar-refractivity contribution in [1.82, 2.24) is 36.5 Å². The maximum Gasteiger partial charge on any atom is 0.354 e. The van der Waals surface area contributed by atoms with Gasteiger partial charge in [-0.05, 0) is 56.5 Å². The number of likely N-dealkylation sites (N-methyl/N-ethyl adjacent to an activating group) is 1. The maximum atomic E-state index is 14.5. The first-order chi connectivity index (χ1) is 33.5. The largest absolute Gasteiger partial charge is 0.494 e. The van der Waals surface area contributed by atoms with Crippen molar-refractivity contribution in [2.75, 3.05) is 47.8 Å². The van der Waals surface area contributed by atoms with Crippen molar-refractivity contribution in [2.24, 2.45) is 0 Å². The number of aromatic nitrogens is 1. The first-order valence-electron chi connectivity index (χ1n) is 22.8. The molecule has 21 nitrogen and oxygen atoms in total. The highest BCUT2D eigenvalue weighted by Crippen LogP contribution is 2.34. The van der Waals surface area contributed by atoms with Crippen LogP contribution in [-0.4, -0.2) is 152 Å². The molecule has 0 unspecified atom stereocenters. The summed E-state index contributed by atoms with van der Waals surface area (Å²) in [4.78, 5) is 99.5. The molecule has 70 heavy (non-hydrogen) atoms. The quantitative estimate of drug-likeness (QED) is 0.0723. The van der Waals surface area contributed by atoms with E-state index in [1.807, 2.05) is 55.5 Å². The predicted octanol–water partition coefficient (Wildman–Crippen LogP) is 1.26. The highest BCUT2D eigenvalue weighted by Gasteiger charge is 2.50. The van der Waals surface area contributed by atoms with E-state index in [0.29, 0.717) is 23.1 Å². The Hall–Kier alpha value is -6.91. The van der Waals surface area contributed by atoms with Gasteiger partial charge in [-0.3, -0.25) is 28.8 Å². The molecule has 2 aromatic carbocycles. The van der Waals surface area contributed by atoms with Gasteiger partial charge in [0.05, 0.1) is 57.4 Å². The number of β-amino-alcohol motifs (C(OH)–C–C–N with tert-alkyl or cyclic N) is 1. The van der Waals surface area contributed by atoms with Crippen LogP contribution in [0, 0.1) is 0 Å². The number of nitrogens with one attached hydrogen (secondary N) is 6. The average Bonchev–Trinajstić information content (AvgIpc) is 3.97. The number of nitrogens with zero attached hydrogens (tertiary/aromatic N) is 1. The molecule has 3 aliphatic rings. The Morgan fingerprint density at radius 3 is 2.40 bits per heavy atom. The normalized spacial score (nSPS) is 26.0. The molecule has 1 aromatic heterocycles. The monoisotopic (exact) mass is 971 g/mol. The minimum atomic E-state index is -1.58. The third-order valence-corrected chi connectivity index (χ3v) is 11.5. The van der Waals surface area contributed by atoms with Crippen LogP contribution in [0.1, 0.15) is 61.6 Å². The molecule has 0 saturated carbocycles. The lowest BCUT2D eigenvalue weighted by Gasteiger charge is -2.33. The van der Waals surface area contributed by atoms with Crippen molar-refractivity contribution in [3.8, 4) is 5.75 Å². The SMILES string of the molecule is CCOc1ccc(/C=C/C=C/C[C@@H]2OC(C)(C)O[C@H]2[C@H]2NC(=O)C[C@@H](O)CNC(=O)[C@@H](Cc3c(C(=O)OC)[nH]c4ccccc34)NC(=O)CN(C)C(=O)/C=C3/NC(=O)C[C@H]3NC(=O)[C@H]2OCOC)cc1. The van der Waals surface area contributed by atoms with Crippen molar-refractivity contribution in [2.45, 2.75) is 94.8 Å². The number of carbonyl (C=O) groups excluding carboxylic acids is 7. The molecule has 0 spiro atoms. The van der Waals surface area contributed by atoms with E-state index in [1.54, 1.807) is 38.1 Å². The summed E-state index contributed by atoms with van der Waals surface area (Å²) in [6.07, 6.45) is 2.64. The lowest BCUT2D eigenvalue weighted by molar-refractivity contribution is -0.165. The minimum absolute atomic E-state index is 0.00836. The van der Waals surface area contributed by atoms with Crippen LogP contribution in [0.2, 0.25) is 0 Å². The van der Waals surface area contributed by atoms with Crippen LogP contribution in [0.15, 0.2) is 78.5 Å². The fraction of sp³-hybridized carbons (Fsp3) is 0.449. The molecular formula is C49H61N7O14. The summed E-state index contributed by atoms with van der Waals surface area (Å²) in [6, 6.07) is 10.7. The van der Waals surface area contributed by atoms with Crippen LogP contribution >= 0.6 is 0 Å². The molecule has 4 heterocycles. The standard InChI is InChI=1S/C49H61N7O14/c1-7-67-30-19-17-28(18-20-30)13-9-8-10-16-37-44(70-49(2,3)69-37)43-45(68-27-65-5)47(63)54-34-23-39(59)51-35(34)24-41(61)56(4)26-40(60)52-36(46(62)50-25-29(57)21-38(58)55-43)22-32-31-14-11-12-15-33(31)53-42(32)48(64)66-6/h8-15,17-20,24,29,34,36-37,43-45,53,57H,7,16,21-23,25-27H2,1-6H3,(H,50,62)(H,51,59)(H,52,60)(H,54,63)(H,55,58)/b10-8+,13-9+,35-24+/t29-,34-,36-,37+,43-,44-,45+/m1/s1. The highest BCUT2D eigenvalue weighted by molar-refractivity contribution is 6.00. The van der Waals surface area contributed by atoms with Gasteiger partial charge in [0.15, 0.2) is 11.9 Å². The smallest absolute Gasteiger partial charge is 0.354 e. The molecule has 0 aliphatic carbocycles. The number of benzene rings is 2. The van der Waals surface area contributed by atoms with Crippen LogP contribution in [0.4, 0.5) is 0 Å². The lowest BCUT2D eigenvalue weighted by atomic mass is 9.96. The molecule has 2 saturated heterocycles. The summed E-state index contributed by atoms with van der Waals surface area (Å²) in [6.45, 7) is 4.32. The van der Waals surface area contributed by atoms with Crippen LogP contribution in [0.5, 0.6) is 5.75 Å². The van der Waals surface area contributed by atoms with Gasteiger partial charge in [-0.25, -0.2) is 4.79 Å². The van der Waals surface area contributed by atoms with E-state index in [-0.39, 0.29) is 30.7 Å². The van der Waals surface area contributed by atoms with Crippen molar-refractivity contribution in [1.29, 1.82) is 0 Å². The Morgan fingerprint density at radius 2 is 1.67 bits per heavy atom. The number of allylic oxidation sites excluding steroid dienone is 2. The van der Waals surface area contributed by atoms with Gasteiger partial charge >= 0.3 is 5.97 Å². The van der Waals surface area contributed by atoms with E-state index in [0.717, 1.165) is 22.3 Å². The van der Waals surface area contributed by atoms with Gasteiger partial charge in [0.1, 0.15) is 30.4 Å². The number of ether oxygens (including phenoxy) is 6. The summed E-state index contributed by atoms with van der Waals surface area (Å²) in [5, 5.41) is 25.2. The van der Waals surface area contributed by atoms with Crippen LogP contribution < -0.4 is 31.3 Å². The number of aliphatic hydroxyl groups is 1. The Labute approximate surface area is 404 Å². The van der Waals surface area contributed by atoms with E-state index >= 15 is 0 Å². The number of esters is 1. The van der Waals surface area contributed by atoms with E-state index in [1.165, 1.54) is 21.3 Å². The molecule has 7 N–H and O–H groups in total. The second-order valence-electron chi connectivity index (χ2n) is 17.3. The Bertz CT molecular complexity index is 2480. The summed E-state index contributed by atoms with van der Waals surface area (Å²) in [5.74, 6) is -5.62. The van der Waals surface area contributed by atoms with Gasteiger partial charge in [-0.15, -0.1) is 0 Å². The lowest BCUT2D eigenvalue weighted by Crippen LogP contribution is -2.60. The minimum Gasteiger partial charge on any atom is -0.494 e. The summed E-state index contributed by atoms with van der Waals surface area (Å²) < 4.78 is 34.4. The number of aliphatic hydroxyl groups excluding tert-OH is 1.